The number of hydrogen-bond acceptors (Lipinski definition) is 7. The molecule has 1 aromatic carbocycles. The molecule has 2 heterocycles. The second-order valence-electron chi connectivity index (χ2n) is 7.46. The van der Waals surface area contributed by atoms with E-state index in [0.717, 1.165) is 32.8 Å². The molecule has 2 aliphatic heterocycles. The minimum Gasteiger partial charge on any atom is -0.497 e. The van der Waals surface area contributed by atoms with Crippen molar-refractivity contribution in [2.75, 3.05) is 66.7 Å². The van der Waals surface area contributed by atoms with Gasteiger partial charge in [0.25, 0.3) is 0 Å². The molecule has 3 rings (SSSR count). The smallest absolute Gasteiger partial charge is 0.246 e. The van der Waals surface area contributed by atoms with Crippen molar-refractivity contribution in [2.24, 2.45) is 5.92 Å². The van der Waals surface area contributed by atoms with Crippen molar-refractivity contribution in [3.8, 4) is 11.5 Å². The van der Waals surface area contributed by atoms with Gasteiger partial charge in [-0.15, -0.1) is 0 Å². The first-order valence-electron chi connectivity index (χ1n) is 10.3. The van der Waals surface area contributed by atoms with E-state index in [2.05, 4.69) is 10.2 Å². The lowest BCUT2D eigenvalue weighted by Gasteiger charge is -2.32. The molecule has 1 atom stereocenters. The van der Waals surface area contributed by atoms with Crippen molar-refractivity contribution >= 4 is 15.9 Å². The number of sulfonamides is 1. The molecule has 0 bridgehead atoms. The fraction of sp³-hybridized carbons (Fsp3) is 0.650. The number of piperidine rings is 1. The molecule has 0 radical (unpaired) electrons. The van der Waals surface area contributed by atoms with Gasteiger partial charge in [-0.2, -0.15) is 4.31 Å². The van der Waals surface area contributed by atoms with Crippen LogP contribution in [0.1, 0.15) is 12.8 Å². The molecule has 2 fully saturated rings. The summed E-state index contributed by atoms with van der Waals surface area (Å²) in [6.45, 7) is 5.03. The van der Waals surface area contributed by atoms with Gasteiger partial charge in [0.15, 0.2) is 0 Å². The molecule has 0 aliphatic carbocycles. The van der Waals surface area contributed by atoms with E-state index in [-0.39, 0.29) is 29.0 Å². The third kappa shape index (κ3) is 5.42. The second kappa shape index (κ2) is 10.4. The van der Waals surface area contributed by atoms with Crippen LogP contribution in [-0.4, -0.2) is 90.2 Å². The normalized spacial score (nSPS) is 21.2. The Bertz CT molecular complexity index is 826. The first kappa shape index (κ1) is 22.8. The summed E-state index contributed by atoms with van der Waals surface area (Å²) in [6, 6.07) is 4.68. The minimum atomic E-state index is -3.82. The lowest BCUT2D eigenvalue weighted by atomic mass is 9.99. The lowest BCUT2D eigenvalue weighted by molar-refractivity contribution is -0.126. The molecule has 10 heteroatoms. The van der Waals surface area contributed by atoms with Gasteiger partial charge in [0, 0.05) is 45.3 Å². The highest BCUT2D eigenvalue weighted by Gasteiger charge is 2.35. The molecule has 9 nitrogen and oxygen atoms in total. The largest absolute Gasteiger partial charge is 0.497 e. The number of hydrogen-bond donors (Lipinski definition) is 1. The van der Waals surface area contributed by atoms with Crippen LogP contribution in [0.5, 0.6) is 11.5 Å². The lowest BCUT2D eigenvalue weighted by Crippen LogP contribution is -2.47. The Labute approximate surface area is 178 Å². The molecule has 2 saturated heterocycles. The van der Waals surface area contributed by atoms with Crippen molar-refractivity contribution in [3.05, 3.63) is 18.2 Å². The Morgan fingerprint density at radius 1 is 1.20 bits per heavy atom. The van der Waals surface area contributed by atoms with Gasteiger partial charge in [0.05, 0.1) is 33.4 Å². The van der Waals surface area contributed by atoms with E-state index in [1.165, 1.54) is 24.6 Å². The van der Waals surface area contributed by atoms with Crippen molar-refractivity contribution in [3.63, 3.8) is 0 Å². The first-order chi connectivity index (χ1) is 14.5. The zero-order valence-corrected chi connectivity index (χ0v) is 18.4. The number of carbonyl (C=O) groups excluding carboxylic acids is 1. The van der Waals surface area contributed by atoms with Gasteiger partial charge in [-0.05, 0) is 25.0 Å². The van der Waals surface area contributed by atoms with Crippen LogP contribution in [0.3, 0.4) is 0 Å². The minimum absolute atomic E-state index is 0.0534. The van der Waals surface area contributed by atoms with Crippen LogP contribution in [0, 0.1) is 5.92 Å². The van der Waals surface area contributed by atoms with Crippen LogP contribution >= 0.6 is 0 Å². The molecule has 1 N–H and O–H groups in total. The van der Waals surface area contributed by atoms with Gasteiger partial charge in [0.1, 0.15) is 16.4 Å². The summed E-state index contributed by atoms with van der Waals surface area (Å²) in [5.74, 6) is 0.229. The molecule has 0 spiro atoms. The van der Waals surface area contributed by atoms with E-state index >= 15 is 0 Å². The zero-order chi connectivity index (χ0) is 21.6. The maximum atomic E-state index is 13.3. The van der Waals surface area contributed by atoms with Gasteiger partial charge in [-0.1, -0.05) is 0 Å². The van der Waals surface area contributed by atoms with Crippen LogP contribution < -0.4 is 14.8 Å². The average Bonchev–Trinajstić information content (AvgIpc) is 2.79. The predicted octanol–water partition coefficient (Wildman–Crippen LogP) is 0.553. The SMILES string of the molecule is COc1ccc(OC)c(S(=O)(=O)N2CCC[C@H](C(=O)NCCN3CCOCC3)C2)c1. The van der Waals surface area contributed by atoms with Gasteiger partial charge in [0.2, 0.25) is 15.9 Å². The molecule has 1 aromatic rings. The molecule has 168 valence electrons. The first-order valence-corrected chi connectivity index (χ1v) is 11.7. The predicted molar refractivity (Wildman–Crippen MR) is 111 cm³/mol. The Hall–Kier alpha value is -1.88. The van der Waals surface area contributed by atoms with Gasteiger partial charge in [-0.3, -0.25) is 9.69 Å². The number of nitrogens with zero attached hydrogens (tertiary/aromatic N) is 2. The Kier molecular flexibility index (Phi) is 7.93. The van der Waals surface area contributed by atoms with Crippen molar-refractivity contribution in [1.29, 1.82) is 0 Å². The summed E-state index contributed by atoms with van der Waals surface area (Å²) in [5, 5.41) is 2.96. The highest BCUT2D eigenvalue weighted by molar-refractivity contribution is 7.89. The van der Waals surface area contributed by atoms with Crippen LogP contribution in [-0.2, 0) is 19.6 Å². The summed E-state index contributed by atoms with van der Waals surface area (Å²) in [7, 11) is -0.900. The van der Waals surface area contributed by atoms with Crippen LogP contribution in [0.2, 0.25) is 0 Å². The number of carbonyl (C=O) groups is 1. The summed E-state index contributed by atoms with van der Waals surface area (Å²) in [5.41, 5.74) is 0. The average molecular weight is 442 g/mol. The van der Waals surface area contributed by atoms with E-state index in [0.29, 0.717) is 31.7 Å². The van der Waals surface area contributed by atoms with E-state index in [1.807, 2.05) is 0 Å². The van der Waals surface area contributed by atoms with E-state index < -0.39 is 10.0 Å². The Morgan fingerprint density at radius 3 is 2.67 bits per heavy atom. The topological polar surface area (TPSA) is 97.4 Å². The number of nitrogens with one attached hydrogen (secondary N) is 1. The van der Waals surface area contributed by atoms with Crippen molar-refractivity contribution in [1.82, 2.24) is 14.5 Å². The van der Waals surface area contributed by atoms with Crippen molar-refractivity contribution < 1.29 is 27.4 Å². The van der Waals surface area contributed by atoms with Crippen LogP contribution in [0.25, 0.3) is 0 Å². The molecule has 0 aromatic heterocycles. The van der Waals surface area contributed by atoms with E-state index in [4.69, 9.17) is 14.2 Å². The van der Waals surface area contributed by atoms with E-state index in [1.54, 1.807) is 12.1 Å². The Balaban J connectivity index is 1.62. The van der Waals surface area contributed by atoms with Gasteiger partial charge < -0.3 is 19.5 Å². The summed E-state index contributed by atoms with van der Waals surface area (Å²) < 4.78 is 43.7. The highest BCUT2D eigenvalue weighted by Crippen LogP contribution is 2.32. The Morgan fingerprint density at radius 2 is 1.97 bits per heavy atom. The number of methoxy groups -OCH3 is 2. The quantitative estimate of drug-likeness (QED) is 0.629. The number of rotatable bonds is 8. The van der Waals surface area contributed by atoms with E-state index in [9.17, 15) is 13.2 Å². The molecule has 0 saturated carbocycles. The number of benzene rings is 1. The zero-order valence-electron chi connectivity index (χ0n) is 17.6. The third-order valence-electron chi connectivity index (χ3n) is 5.57. The van der Waals surface area contributed by atoms with Gasteiger partial charge >= 0.3 is 0 Å². The van der Waals surface area contributed by atoms with Crippen LogP contribution in [0.4, 0.5) is 0 Å². The molecule has 30 heavy (non-hydrogen) atoms. The number of ether oxygens (including phenoxy) is 3. The van der Waals surface area contributed by atoms with Crippen molar-refractivity contribution in [2.45, 2.75) is 17.7 Å². The third-order valence-corrected chi connectivity index (χ3v) is 7.46. The molecular weight excluding hydrogens is 410 g/mol. The maximum absolute atomic E-state index is 13.3. The highest BCUT2D eigenvalue weighted by atomic mass is 32.2. The fourth-order valence-electron chi connectivity index (χ4n) is 3.81. The number of morpholine rings is 1. The number of amides is 1. The molecule has 0 unspecified atom stereocenters. The van der Waals surface area contributed by atoms with Gasteiger partial charge in [-0.25, -0.2) is 8.42 Å². The molecule has 2 aliphatic rings. The monoisotopic (exact) mass is 441 g/mol. The summed E-state index contributed by atoms with van der Waals surface area (Å²) in [6.07, 6.45) is 1.30. The van der Waals surface area contributed by atoms with Crippen LogP contribution in [0.15, 0.2) is 23.1 Å². The maximum Gasteiger partial charge on any atom is 0.246 e. The molecular formula is C20H31N3O6S. The molecule has 1 amide bonds. The second-order valence-corrected chi connectivity index (χ2v) is 9.37. The summed E-state index contributed by atoms with van der Waals surface area (Å²) >= 11 is 0. The summed E-state index contributed by atoms with van der Waals surface area (Å²) in [4.78, 5) is 15.0. The fourth-order valence-corrected chi connectivity index (χ4v) is 5.50. The standard InChI is InChI=1S/C20H31N3O6S/c1-27-17-5-6-18(28-2)19(14-17)30(25,26)23-8-3-4-16(15-23)20(24)21-7-9-22-10-12-29-13-11-22/h5-6,14,16H,3-4,7-13,15H2,1-2H3,(H,21,24)/t16-/m0/s1.